The monoisotopic (exact) mass is 352 g/mol. The summed E-state index contributed by atoms with van der Waals surface area (Å²) in [5.74, 6) is 0.878. The maximum Gasteiger partial charge on any atom is 0.253 e. The minimum absolute atomic E-state index is 0.106. The van der Waals surface area contributed by atoms with Crippen LogP contribution in [0.25, 0.3) is 0 Å². The quantitative estimate of drug-likeness (QED) is 0.826. The third-order valence-corrected chi connectivity index (χ3v) is 5.23. The lowest BCUT2D eigenvalue weighted by atomic mass is 10.0. The molecule has 2 atom stereocenters. The predicted molar refractivity (Wildman–Crippen MR) is 105 cm³/mol. The number of carbonyl (C=O) groups is 1. The van der Waals surface area contributed by atoms with Gasteiger partial charge in [-0.3, -0.25) is 9.69 Å². The molecule has 0 bridgehead atoms. The van der Waals surface area contributed by atoms with Gasteiger partial charge in [-0.15, -0.1) is 0 Å². The van der Waals surface area contributed by atoms with Crippen LogP contribution in [0.1, 0.15) is 29.8 Å². The predicted octanol–water partition coefficient (Wildman–Crippen LogP) is 3.47. The van der Waals surface area contributed by atoms with Gasteiger partial charge in [0.15, 0.2) is 0 Å². The number of ether oxygens (including phenoxy) is 1. The van der Waals surface area contributed by atoms with Gasteiger partial charge >= 0.3 is 0 Å². The van der Waals surface area contributed by atoms with Crippen molar-refractivity contribution in [3.05, 3.63) is 65.7 Å². The van der Waals surface area contributed by atoms with Crippen molar-refractivity contribution >= 4 is 5.91 Å². The van der Waals surface area contributed by atoms with E-state index in [1.54, 1.807) is 7.11 Å². The van der Waals surface area contributed by atoms with Crippen LogP contribution >= 0.6 is 0 Å². The van der Waals surface area contributed by atoms with Crippen LogP contribution in [-0.2, 0) is 6.42 Å². The number of piperazine rings is 1. The van der Waals surface area contributed by atoms with Crippen LogP contribution in [0.15, 0.2) is 54.6 Å². The first kappa shape index (κ1) is 18.5. The molecule has 4 nitrogen and oxygen atoms in total. The van der Waals surface area contributed by atoms with E-state index < -0.39 is 0 Å². The van der Waals surface area contributed by atoms with Gasteiger partial charge in [-0.25, -0.2) is 0 Å². The van der Waals surface area contributed by atoms with Crippen LogP contribution in [0.5, 0.6) is 5.75 Å². The van der Waals surface area contributed by atoms with Gasteiger partial charge in [0.25, 0.3) is 5.91 Å². The molecule has 1 saturated heterocycles. The molecule has 0 saturated carbocycles. The highest BCUT2D eigenvalue weighted by molar-refractivity contribution is 5.94. The van der Waals surface area contributed by atoms with E-state index in [4.69, 9.17) is 4.74 Å². The van der Waals surface area contributed by atoms with E-state index in [1.807, 2.05) is 29.2 Å². The van der Waals surface area contributed by atoms with Crippen LogP contribution in [0.2, 0.25) is 0 Å². The first-order valence-corrected chi connectivity index (χ1v) is 9.31. The summed E-state index contributed by atoms with van der Waals surface area (Å²) >= 11 is 0. The van der Waals surface area contributed by atoms with Gasteiger partial charge in [-0.2, -0.15) is 0 Å². The maximum atomic E-state index is 12.8. The molecule has 0 aromatic heterocycles. The van der Waals surface area contributed by atoms with Crippen molar-refractivity contribution < 1.29 is 9.53 Å². The van der Waals surface area contributed by atoms with Crippen LogP contribution < -0.4 is 4.74 Å². The van der Waals surface area contributed by atoms with Gasteiger partial charge in [-0.05, 0) is 50.1 Å². The fraction of sp³-hybridized carbons (Fsp3) is 0.409. The molecule has 4 heteroatoms. The fourth-order valence-corrected chi connectivity index (χ4v) is 3.78. The summed E-state index contributed by atoms with van der Waals surface area (Å²) in [6, 6.07) is 18.7. The average Bonchev–Trinajstić information content (AvgIpc) is 2.67. The number of benzene rings is 2. The Morgan fingerprint density at radius 3 is 2.19 bits per heavy atom. The van der Waals surface area contributed by atoms with E-state index in [-0.39, 0.29) is 5.91 Å². The summed E-state index contributed by atoms with van der Waals surface area (Å²) in [5.41, 5.74) is 2.09. The fourth-order valence-electron chi connectivity index (χ4n) is 3.78. The number of amides is 1. The standard InChI is InChI=1S/C22H28N2O2/c1-17-15-23(22(25)20-9-11-21(26-3)12-10-20)16-18(2)24(17)14-13-19-7-5-4-6-8-19/h4-12,17-18H,13-16H2,1-3H3. The van der Waals surface area contributed by atoms with Crippen molar-refractivity contribution in [1.82, 2.24) is 9.80 Å². The molecule has 1 amide bonds. The van der Waals surface area contributed by atoms with Gasteiger partial charge in [0, 0.05) is 37.3 Å². The third kappa shape index (κ3) is 4.25. The Bertz CT molecular complexity index is 703. The number of hydrogen-bond acceptors (Lipinski definition) is 3. The second-order valence-corrected chi connectivity index (χ2v) is 7.11. The Labute approximate surface area is 156 Å². The van der Waals surface area contributed by atoms with Gasteiger partial charge in [0.2, 0.25) is 0 Å². The molecule has 0 aliphatic carbocycles. The van der Waals surface area contributed by atoms with E-state index in [2.05, 4.69) is 49.1 Å². The second-order valence-electron chi connectivity index (χ2n) is 7.11. The smallest absolute Gasteiger partial charge is 0.253 e. The number of carbonyl (C=O) groups excluding carboxylic acids is 1. The lowest BCUT2D eigenvalue weighted by Gasteiger charge is -2.44. The van der Waals surface area contributed by atoms with E-state index in [9.17, 15) is 4.79 Å². The largest absolute Gasteiger partial charge is 0.497 e. The number of methoxy groups -OCH3 is 1. The molecule has 26 heavy (non-hydrogen) atoms. The lowest BCUT2D eigenvalue weighted by Crippen LogP contribution is -2.58. The highest BCUT2D eigenvalue weighted by Gasteiger charge is 2.31. The number of nitrogens with zero attached hydrogens (tertiary/aromatic N) is 2. The molecule has 0 N–H and O–H groups in total. The van der Waals surface area contributed by atoms with Gasteiger partial charge in [0.05, 0.1) is 7.11 Å². The Kier molecular flexibility index (Phi) is 5.94. The summed E-state index contributed by atoms with van der Waals surface area (Å²) in [6.07, 6.45) is 1.04. The third-order valence-electron chi connectivity index (χ3n) is 5.23. The van der Waals surface area contributed by atoms with Crippen molar-refractivity contribution in [2.75, 3.05) is 26.7 Å². The molecular formula is C22H28N2O2. The Hall–Kier alpha value is -2.33. The highest BCUT2D eigenvalue weighted by atomic mass is 16.5. The Balaban J connectivity index is 1.60. The molecule has 0 spiro atoms. The topological polar surface area (TPSA) is 32.8 Å². The summed E-state index contributed by atoms with van der Waals surface area (Å²) in [7, 11) is 1.63. The minimum Gasteiger partial charge on any atom is -0.497 e. The first-order valence-electron chi connectivity index (χ1n) is 9.31. The van der Waals surface area contributed by atoms with Gasteiger partial charge < -0.3 is 9.64 Å². The molecule has 1 aliphatic rings. The van der Waals surface area contributed by atoms with Crippen molar-refractivity contribution in [3.63, 3.8) is 0 Å². The molecular weight excluding hydrogens is 324 g/mol. The van der Waals surface area contributed by atoms with Gasteiger partial charge in [-0.1, -0.05) is 30.3 Å². The second kappa shape index (κ2) is 8.37. The van der Waals surface area contributed by atoms with Crippen molar-refractivity contribution in [2.45, 2.75) is 32.4 Å². The summed E-state index contributed by atoms with van der Waals surface area (Å²) < 4.78 is 5.17. The van der Waals surface area contributed by atoms with Crippen LogP contribution in [0.3, 0.4) is 0 Å². The van der Waals surface area contributed by atoms with E-state index in [0.717, 1.165) is 37.4 Å². The van der Waals surface area contributed by atoms with Crippen LogP contribution in [0.4, 0.5) is 0 Å². The van der Waals surface area contributed by atoms with Crippen molar-refractivity contribution in [3.8, 4) is 5.75 Å². The SMILES string of the molecule is COc1ccc(C(=O)N2CC(C)N(CCc3ccccc3)C(C)C2)cc1. The zero-order valence-electron chi connectivity index (χ0n) is 15.9. The molecule has 2 aromatic carbocycles. The molecule has 1 aliphatic heterocycles. The molecule has 1 heterocycles. The zero-order valence-corrected chi connectivity index (χ0v) is 15.9. The molecule has 3 rings (SSSR count). The molecule has 2 aromatic rings. The van der Waals surface area contributed by atoms with Crippen LogP contribution in [0, 0.1) is 0 Å². The highest BCUT2D eigenvalue weighted by Crippen LogP contribution is 2.20. The minimum atomic E-state index is 0.106. The summed E-state index contributed by atoms with van der Waals surface area (Å²) in [4.78, 5) is 17.3. The van der Waals surface area contributed by atoms with Crippen LogP contribution in [-0.4, -0.2) is 54.5 Å². The molecule has 1 fully saturated rings. The Morgan fingerprint density at radius 2 is 1.62 bits per heavy atom. The lowest BCUT2D eigenvalue weighted by molar-refractivity contribution is 0.0311. The van der Waals surface area contributed by atoms with E-state index in [1.165, 1.54) is 5.56 Å². The zero-order chi connectivity index (χ0) is 18.5. The molecule has 138 valence electrons. The normalized spacial score (nSPS) is 20.8. The van der Waals surface area contributed by atoms with Crippen molar-refractivity contribution in [2.24, 2.45) is 0 Å². The van der Waals surface area contributed by atoms with Gasteiger partial charge in [0.1, 0.15) is 5.75 Å². The first-order chi connectivity index (χ1) is 12.6. The number of rotatable bonds is 5. The molecule has 2 unspecified atom stereocenters. The van der Waals surface area contributed by atoms with E-state index in [0.29, 0.717) is 12.1 Å². The average molecular weight is 352 g/mol. The van der Waals surface area contributed by atoms with E-state index >= 15 is 0 Å². The maximum absolute atomic E-state index is 12.8. The van der Waals surface area contributed by atoms with Crippen molar-refractivity contribution in [1.29, 1.82) is 0 Å². The molecule has 0 radical (unpaired) electrons. The number of hydrogen-bond donors (Lipinski definition) is 0. The summed E-state index contributed by atoms with van der Waals surface area (Å²) in [6.45, 7) is 6.99. The Morgan fingerprint density at radius 1 is 1.00 bits per heavy atom. The summed E-state index contributed by atoms with van der Waals surface area (Å²) in [5, 5.41) is 0.